The van der Waals surface area contributed by atoms with Crippen molar-refractivity contribution in [3.05, 3.63) is 88.7 Å². The highest BCUT2D eigenvalue weighted by Crippen LogP contribution is 2.21. The molecule has 7 nitrogen and oxygen atoms in total. The van der Waals surface area contributed by atoms with Crippen LogP contribution >= 0.6 is 0 Å². The van der Waals surface area contributed by atoms with Gasteiger partial charge in [-0.3, -0.25) is 14.7 Å². The van der Waals surface area contributed by atoms with Crippen molar-refractivity contribution in [2.24, 2.45) is 0 Å². The van der Waals surface area contributed by atoms with Gasteiger partial charge in [-0.05, 0) is 48.0 Å². The monoisotopic (exact) mass is 393 g/mol. The van der Waals surface area contributed by atoms with E-state index in [-0.39, 0.29) is 10.5 Å². The van der Waals surface area contributed by atoms with Gasteiger partial charge in [-0.25, -0.2) is 13.2 Å². The molecule has 4 aromatic rings. The molecule has 2 aromatic carbocycles. The van der Waals surface area contributed by atoms with Crippen LogP contribution in [0.1, 0.15) is 11.3 Å². The minimum absolute atomic E-state index is 0.00261. The molecule has 0 radical (unpaired) electrons. The largest absolute Gasteiger partial charge is 0.417 e. The molecule has 0 aliphatic heterocycles. The number of nitrogens with one attached hydrogen (secondary N) is 2. The topological polar surface area (TPSA) is 105 Å². The van der Waals surface area contributed by atoms with Gasteiger partial charge in [0.05, 0.1) is 16.1 Å². The Labute approximate surface area is 160 Å². The highest BCUT2D eigenvalue weighted by molar-refractivity contribution is 7.92. The normalized spacial score (nSPS) is 11.9. The Kier molecular flexibility index (Phi) is 4.54. The van der Waals surface area contributed by atoms with Gasteiger partial charge < -0.3 is 4.42 Å². The number of oxazole rings is 1. The van der Waals surface area contributed by atoms with Crippen LogP contribution in [0, 0.1) is 0 Å². The summed E-state index contributed by atoms with van der Waals surface area (Å²) in [6.07, 6.45) is 5.39. The van der Waals surface area contributed by atoms with E-state index in [1.165, 1.54) is 18.2 Å². The van der Waals surface area contributed by atoms with E-state index in [1.807, 2.05) is 36.4 Å². The summed E-state index contributed by atoms with van der Waals surface area (Å²) in [6.45, 7) is 0. The second-order valence-electron chi connectivity index (χ2n) is 5.99. The summed E-state index contributed by atoms with van der Waals surface area (Å²) in [4.78, 5) is 17.9. The van der Waals surface area contributed by atoms with Gasteiger partial charge in [0.1, 0.15) is 0 Å². The lowest BCUT2D eigenvalue weighted by atomic mass is 10.2. The SMILES string of the molecule is O=c1[nH]c2ccc(S(=O)(=O)Nc3cccc(C=Cc4ccccn4)c3)cc2o1. The first-order valence-corrected chi connectivity index (χ1v) is 9.83. The summed E-state index contributed by atoms with van der Waals surface area (Å²) in [5.74, 6) is -0.634. The molecule has 0 saturated heterocycles. The summed E-state index contributed by atoms with van der Waals surface area (Å²) in [5.41, 5.74) is 2.65. The maximum Gasteiger partial charge on any atom is 0.417 e. The van der Waals surface area contributed by atoms with Gasteiger partial charge in [0.2, 0.25) is 0 Å². The quantitative estimate of drug-likeness (QED) is 0.540. The second kappa shape index (κ2) is 7.16. The number of benzene rings is 2. The van der Waals surface area contributed by atoms with E-state index >= 15 is 0 Å². The number of hydrogen-bond donors (Lipinski definition) is 2. The lowest BCUT2D eigenvalue weighted by Crippen LogP contribution is -2.12. The predicted molar refractivity (Wildman–Crippen MR) is 107 cm³/mol. The Morgan fingerprint density at radius 1 is 1.00 bits per heavy atom. The average molecular weight is 393 g/mol. The molecule has 0 atom stereocenters. The summed E-state index contributed by atoms with van der Waals surface area (Å²) in [6, 6.07) is 16.8. The van der Waals surface area contributed by atoms with Crippen LogP contribution in [0.25, 0.3) is 23.3 Å². The molecule has 0 aliphatic carbocycles. The Bertz CT molecular complexity index is 1320. The first kappa shape index (κ1) is 17.7. The van der Waals surface area contributed by atoms with Crippen molar-refractivity contribution in [2.75, 3.05) is 4.72 Å². The smallest absolute Gasteiger partial charge is 0.408 e. The van der Waals surface area contributed by atoms with Crippen molar-refractivity contribution < 1.29 is 12.8 Å². The summed E-state index contributed by atoms with van der Waals surface area (Å²) in [5, 5.41) is 0. The zero-order valence-corrected chi connectivity index (χ0v) is 15.3. The molecule has 2 aromatic heterocycles. The van der Waals surface area contributed by atoms with Crippen molar-refractivity contribution >= 4 is 39.0 Å². The Morgan fingerprint density at radius 2 is 1.89 bits per heavy atom. The van der Waals surface area contributed by atoms with Crippen LogP contribution in [0.15, 0.2) is 81.0 Å². The van der Waals surface area contributed by atoms with E-state index in [0.29, 0.717) is 11.2 Å². The number of anilines is 1. The number of aromatic nitrogens is 2. The van der Waals surface area contributed by atoms with Gasteiger partial charge in [0.15, 0.2) is 5.58 Å². The molecular weight excluding hydrogens is 378 g/mol. The van der Waals surface area contributed by atoms with Crippen molar-refractivity contribution in [3.63, 3.8) is 0 Å². The third-order valence-electron chi connectivity index (χ3n) is 3.98. The number of aromatic amines is 1. The van der Waals surface area contributed by atoms with Gasteiger partial charge in [0.25, 0.3) is 10.0 Å². The van der Waals surface area contributed by atoms with E-state index < -0.39 is 15.8 Å². The molecule has 0 bridgehead atoms. The zero-order valence-electron chi connectivity index (χ0n) is 14.5. The minimum atomic E-state index is -3.84. The fraction of sp³-hybridized carbons (Fsp3) is 0. The summed E-state index contributed by atoms with van der Waals surface area (Å²) in [7, 11) is -3.84. The van der Waals surface area contributed by atoms with Crippen LogP contribution in [0.4, 0.5) is 5.69 Å². The van der Waals surface area contributed by atoms with Gasteiger partial charge in [-0.15, -0.1) is 0 Å². The van der Waals surface area contributed by atoms with Crippen molar-refractivity contribution in [1.29, 1.82) is 0 Å². The Balaban J connectivity index is 1.58. The van der Waals surface area contributed by atoms with Crippen LogP contribution in [0.5, 0.6) is 0 Å². The number of hydrogen-bond acceptors (Lipinski definition) is 5. The predicted octanol–water partition coefficient (Wildman–Crippen LogP) is 3.49. The molecular formula is C20H15N3O4S. The van der Waals surface area contributed by atoms with Crippen LogP contribution in [0.2, 0.25) is 0 Å². The number of pyridine rings is 1. The first-order valence-electron chi connectivity index (χ1n) is 8.34. The van der Waals surface area contributed by atoms with Crippen LogP contribution in [-0.2, 0) is 10.0 Å². The molecule has 140 valence electrons. The van der Waals surface area contributed by atoms with Crippen LogP contribution in [0.3, 0.4) is 0 Å². The lowest BCUT2D eigenvalue weighted by Gasteiger charge is -2.08. The highest BCUT2D eigenvalue weighted by Gasteiger charge is 2.16. The zero-order chi connectivity index (χ0) is 19.6. The van der Waals surface area contributed by atoms with Gasteiger partial charge in [0, 0.05) is 18.0 Å². The molecule has 8 heteroatoms. The molecule has 2 heterocycles. The number of rotatable bonds is 5. The maximum atomic E-state index is 12.7. The standard InChI is InChI=1S/C20H15N3O4S/c24-20-22-18-10-9-17(13-19(18)27-20)28(25,26)23-16-6-3-4-14(12-16)7-8-15-5-1-2-11-21-15/h1-13,23H,(H,22,24). The fourth-order valence-electron chi connectivity index (χ4n) is 2.67. The summed E-state index contributed by atoms with van der Waals surface area (Å²) >= 11 is 0. The molecule has 0 saturated carbocycles. The first-order chi connectivity index (χ1) is 13.5. The molecule has 0 amide bonds. The van der Waals surface area contributed by atoms with Crippen LogP contribution < -0.4 is 10.5 Å². The number of nitrogens with zero attached hydrogens (tertiary/aromatic N) is 1. The van der Waals surface area contributed by atoms with Gasteiger partial charge in [-0.2, -0.15) is 0 Å². The van der Waals surface area contributed by atoms with E-state index in [4.69, 9.17) is 4.42 Å². The van der Waals surface area contributed by atoms with Crippen molar-refractivity contribution in [2.45, 2.75) is 4.90 Å². The number of sulfonamides is 1. The Hall–Kier alpha value is -3.65. The third-order valence-corrected chi connectivity index (χ3v) is 5.35. The molecule has 0 aliphatic rings. The summed E-state index contributed by atoms with van der Waals surface area (Å²) < 4.78 is 32.8. The van der Waals surface area contributed by atoms with E-state index in [2.05, 4.69) is 14.7 Å². The maximum absolute atomic E-state index is 12.7. The van der Waals surface area contributed by atoms with E-state index in [9.17, 15) is 13.2 Å². The molecule has 2 N–H and O–H groups in total. The fourth-order valence-corrected chi connectivity index (χ4v) is 3.73. The minimum Gasteiger partial charge on any atom is -0.408 e. The number of H-pyrrole nitrogens is 1. The van der Waals surface area contributed by atoms with Gasteiger partial charge in [-0.1, -0.05) is 24.3 Å². The molecule has 0 fully saturated rings. The molecule has 4 rings (SSSR count). The van der Waals surface area contributed by atoms with Crippen molar-refractivity contribution in [1.82, 2.24) is 9.97 Å². The highest BCUT2D eigenvalue weighted by atomic mass is 32.2. The Morgan fingerprint density at radius 3 is 2.71 bits per heavy atom. The second-order valence-corrected chi connectivity index (χ2v) is 7.67. The van der Waals surface area contributed by atoms with E-state index in [0.717, 1.165) is 11.3 Å². The number of fused-ring (bicyclic) bond motifs is 1. The lowest BCUT2D eigenvalue weighted by molar-refractivity contribution is 0.554. The van der Waals surface area contributed by atoms with E-state index in [1.54, 1.807) is 24.4 Å². The molecule has 0 unspecified atom stereocenters. The molecule has 28 heavy (non-hydrogen) atoms. The van der Waals surface area contributed by atoms with Crippen molar-refractivity contribution in [3.8, 4) is 0 Å². The average Bonchev–Trinajstić information content (AvgIpc) is 3.06. The van der Waals surface area contributed by atoms with Gasteiger partial charge >= 0.3 is 5.76 Å². The van der Waals surface area contributed by atoms with Crippen LogP contribution in [-0.4, -0.2) is 18.4 Å². The molecule has 0 spiro atoms. The third kappa shape index (κ3) is 3.86.